The van der Waals surface area contributed by atoms with E-state index in [1.54, 1.807) is 11.9 Å². The summed E-state index contributed by atoms with van der Waals surface area (Å²) < 4.78 is 0. The van der Waals surface area contributed by atoms with E-state index in [0.29, 0.717) is 5.92 Å². The molecule has 0 bridgehead atoms. The predicted octanol–water partition coefficient (Wildman–Crippen LogP) is 1.84. The van der Waals surface area contributed by atoms with Gasteiger partial charge in [0.25, 0.3) is 0 Å². The number of likely N-dealkylation sites (N-methyl/N-ethyl adjacent to an activating group) is 1. The summed E-state index contributed by atoms with van der Waals surface area (Å²) in [5.41, 5.74) is 0. The summed E-state index contributed by atoms with van der Waals surface area (Å²) >= 11 is 0. The predicted molar refractivity (Wildman–Crippen MR) is 76.9 cm³/mol. The molecule has 4 heteroatoms. The summed E-state index contributed by atoms with van der Waals surface area (Å²) in [6.07, 6.45) is 2.66. The van der Waals surface area contributed by atoms with E-state index in [1.165, 1.54) is 0 Å². The zero-order valence-electron chi connectivity index (χ0n) is 12.9. The molecule has 0 unspecified atom stereocenters. The molecular weight excluding hydrogens is 240 g/mol. The molecule has 1 amide bonds. The van der Waals surface area contributed by atoms with E-state index in [2.05, 4.69) is 19.2 Å². The highest BCUT2D eigenvalue weighted by atomic mass is 16.2. The van der Waals surface area contributed by atoms with Gasteiger partial charge in [0.05, 0.1) is 12.1 Å². The van der Waals surface area contributed by atoms with Gasteiger partial charge in [0.2, 0.25) is 5.91 Å². The van der Waals surface area contributed by atoms with Gasteiger partial charge in [-0.2, -0.15) is 0 Å². The summed E-state index contributed by atoms with van der Waals surface area (Å²) in [5.74, 6) is 0.606. The van der Waals surface area contributed by atoms with Crippen LogP contribution >= 0.6 is 0 Å². The molecule has 0 aromatic carbocycles. The lowest BCUT2D eigenvalue weighted by Crippen LogP contribution is -2.50. The third-order valence-corrected chi connectivity index (χ3v) is 3.77. The Kier molecular flexibility index (Phi) is 5.98. The van der Waals surface area contributed by atoms with Crippen molar-refractivity contribution in [1.29, 1.82) is 0 Å². The number of rotatable bonds is 6. The van der Waals surface area contributed by atoms with Crippen LogP contribution < -0.4 is 5.32 Å². The van der Waals surface area contributed by atoms with Crippen LogP contribution in [0.4, 0.5) is 0 Å². The highest BCUT2D eigenvalue weighted by Crippen LogP contribution is 2.18. The Bertz CT molecular complexity index is 320. The molecule has 1 aliphatic rings. The summed E-state index contributed by atoms with van der Waals surface area (Å²) in [4.78, 5) is 26.4. The Morgan fingerprint density at radius 2 is 1.89 bits per heavy atom. The maximum absolute atomic E-state index is 12.4. The summed E-state index contributed by atoms with van der Waals surface area (Å²) in [6, 6.07) is -0.380. The second-order valence-corrected chi connectivity index (χ2v) is 6.30. The molecule has 1 heterocycles. The van der Waals surface area contributed by atoms with Crippen LogP contribution in [0.3, 0.4) is 0 Å². The summed E-state index contributed by atoms with van der Waals surface area (Å²) in [6.45, 7) is 8.89. The molecule has 4 nitrogen and oxygen atoms in total. The molecule has 1 fully saturated rings. The smallest absolute Gasteiger partial charge is 0.240 e. The van der Waals surface area contributed by atoms with Gasteiger partial charge in [-0.15, -0.1) is 0 Å². The number of hydrogen-bond acceptors (Lipinski definition) is 3. The molecular formula is C15H28N2O2. The zero-order valence-corrected chi connectivity index (χ0v) is 12.9. The van der Waals surface area contributed by atoms with Crippen LogP contribution in [-0.2, 0) is 9.59 Å². The molecule has 2 atom stereocenters. The zero-order chi connectivity index (χ0) is 14.6. The highest BCUT2D eigenvalue weighted by molar-refractivity contribution is 5.91. The lowest BCUT2D eigenvalue weighted by molar-refractivity contribution is -0.141. The topological polar surface area (TPSA) is 49.4 Å². The normalized spacial score (nSPS) is 20.9. The maximum atomic E-state index is 12.4. The Balaban J connectivity index is 2.77. The second kappa shape index (κ2) is 7.04. The van der Waals surface area contributed by atoms with Gasteiger partial charge in [-0.25, -0.2) is 0 Å². The number of nitrogens with zero attached hydrogens (tertiary/aromatic N) is 1. The number of carbonyl (C=O) groups is 2. The van der Waals surface area contributed by atoms with Crippen molar-refractivity contribution in [2.24, 2.45) is 11.8 Å². The van der Waals surface area contributed by atoms with Gasteiger partial charge in [-0.3, -0.25) is 9.59 Å². The minimum atomic E-state index is -0.282. The number of amides is 1. The highest BCUT2D eigenvalue weighted by Gasteiger charge is 2.33. The average molecular weight is 268 g/mol. The number of Topliss-reactive ketones (excluding diaryl/α,β-unsaturated/α-hetero) is 1. The lowest BCUT2D eigenvalue weighted by atomic mass is 9.92. The lowest BCUT2D eigenvalue weighted by Gasteiger charge is -2.31. The molecule has 0 saturated carbocycles. The van der Waals surface area contributed by atoms with Crippen LogP contribution in [0.2, 0.25) is 0 Å². The minimum Gasteiger partial charge on any atom is -0.334 e. The molecule has 1 N–H and O–H groups in total. The van der Waals surface area contributed by atoms with Crippen molar-refractivity contribution in [2.75, 3.05) is 13.6 Å². The van der Waals surface area contributed by atoms with E-state index in [4.69, 9.17) is 0 Å². The van der Waals surface area contributed by atoms with Crippen LogP contribution in [0.5, 0.6) is 0 Å². The van der Waals surface area contributed by atoms with Crippen molar-refractivity contribution in [3.05, 3.63) is 0 Å². The fourth-order valence-corrected chi connectivity index (χ4v) is 2.59. The van der Waals surface area contributed by atoms with Gasteiger partial charge in [-0.05, 0) is 31.7 Å². The monoisotopic (exact) mass is 268 g/mol. The summed E-state index contributed by atoms with van der Waals surface area (Å²) in [5, 5.41) is 3.21. The molecule has 1 rings (SSSR count). The molecule has 0 aromatic heterocycles. The molecule has 0 radical (unpaired) electrons. The van der Waals surface area contributed by atoms with Crippen LogP contribution in [0.25, 0.3) is 0 Å². The van der Waals surface area contributed by atoms with Gasteiger partial charge in [0.15, 0.2) is 5.78 Å². The maximum Gasteiger partial charge on any atom is 0.240 e. The Hall–Kier alpha value is -0.900. The van der Waals surface area contributed by atoms with Crippen LogP contribution in [0.15, 0.2) is 0 Å². The van der Waals surface area contributed by atoms with Gasteiger partial charge in [0.1, 0.15) is 0 Å². The van der Waals surface area contributed by atoms with E-state index in [0.717, 1.165) is 25.8 Å². The number of carbonyl (C=O) groups excluding carboxylic acids is 2. The summed E-state index contributed by atoms with van der Waals surface area (Å²) in [7, 11) is 1.77. The first-order valence-corrected chi connectivity index (χ1v) is 7.38. The van der Waals surface area contributed by atoms with E-state index in [-0.39, 0.29) is 29.7 Å². The van der Waals surface area contributed by atoms with Crippen molar-refractivity contribution >= 4 is 11.7 Å². The first kappa shape index (κ1) is 16.2. The van der Waals surface area contributed by atoms with Crippen molar-refractivity contribution in [3.63, 3.8) is 0 Å². The van der Waals surface area contributed by atoms with Gasteiger partial charge in [-0.1, -0.05) is 27.7 Å². The average Bonchev–Trinajstić information content (AvgIpc) is 2.86. The van der Waals surface area contributed by atoms with Gasteiger partial charge in [0, 0.05) is 13.0 Å². The Morgan fingerprint density at radius 3 is 2.32 bits per heavy atom. The van der Waals surface area contributed by atoms with Gasteiger partial charge < -0.3 is 10.2 Å². The van der Waals surface area contributed by atoms with Crippen LogP contribution in [-0.4, -0.2) is 42.3 Å². The molecule has 0 spiro atoms. The number of ketones is 1. The molecule has 0 aliphatic carbocycles. The Morgan fingerprint density at radius 1 is 1.26 bits per heavy atom. The van der Waals surface area contributed by atoms with Crippen LogP contribution in [0.1, 0.15) is 47.0 Å². The van der Waals surface area contributed by atoms with E-state index >= 15 is 0 Å². The molecule has 1 aliphatic heterocycles. The first-order chi connectivity index (χ1) is 8.84. The van der Waals surface area contributed by atoms with E-state index in [9.17, 15) is 9.59 Å². The van der Waals surface area contributed by atoms with Crippen LogP contribution in [0, 0.1) is 11.8 Å². The molecule has 110 valence electrons. The number of hydrogen-bond donors (Lipinski definition) is 1. The van der Waals surface area contributed by atoms with Crippen molar-refractivity contribution < 1.29 is 9.59 Å². The fourth-order valence-electron chi connectivity index (χ4n) is 2.59. The largest absolute Gasteiger partial charge is 0.334 e. The van der Waals surface area contributed by atoms with Crippen molar-refractivity contribution in [3.8, 4) is 0 Å². The van der Waals surface area contributed by atoms with Crippen molar-refractivity contribution in [1.82, 2.24) is 10.2 Å². The third kappa shape index (κ3) is 4.30. The number of nitrogens with one attached hydrogen (secondary N) is 1. The Labute approximate surface area is 116 Å². The molecule has 19 heavy (non-hydrogen) atoms. The minimum absolute atomic E-state index is 0.0319. The van der Waals surface area contributed by atoms with E-state index in [1.807, 2.05) is 13.8 Å². The second-order valence-electron chi connectivity index (χ2n) is 6.30. The molecule has 1 saturated heterocycles. The third-order valence-electron chi connectivity index (χ3n) is 3.77. The SMILES string of the molecule is CC(C)C[C@H](C(=O)C(C)C)N(C)C(=O)[C@@H]1CCCN1. The quantitative estimate of drug-likeness (QED) is 0.799. The van der Waals surface area contributed by atoms with Gasteiger partial charge >= 0.3 is 0 Å². The standard InChI is InChI=1S/C15H28N2O2/c1-10(2)9-13(14(18)11(3)4)17(5)15(19)12-7-6-8-16-12/h10-13,16H,6-9H2,1-5H3/t12-,13+/m0/s1. The van der Waals surface area contributed by atoms with Crippen molar-refractivity contribution in [2.45, 2.75) is 59.0 Å². The first-order valence-electron chi connectivity index (χ1n) is 7.38. The van der Waals surface area contributed by atoms with E-state index < -0.39 is 0 Å². The molecule has 0 aromatic rings. The fraction of sp³-hybridized carbons (Fsp3) is 0.867.